The number of nitrogens with one attached hydrogen (secondary N) is 2. The molecule has 2 rings (SSSR count). The van der Waals surface area contributed by atoms with E-state index in [1.807, 2.05) is 25.1 Å². The lowest BCUT2D eigenvalue weighted by molar-refractivity contribution is 0.267. The van der Waals surface area contributed by atoms with E-state index in [4.69, 9.17) is 4.74 Å². The average Bonchev–Trinajstić information content (AvgIpc) is 2.25. The number of rotatable bonds is 5. The molecule has 1 aliphatic rings. The SMILES string of the molecule is CCOc1ccc(NC2CNC2)cc1CO. The molecule has 1 aromatic carbocycles. The van der Waals surface area contributed by atoms with Crippen LogP contribution in [-0.4, -0.2) is 30.8 Å². The number of ether oxygens (including phenoxy) is 1. The van der Waals surface area contributed by atoms with Gasteiger partial charge in [-0.05, 0) is 25.1 Å². The smallest absolute Gasteiger partial charge is 0.124 e. The van der Waals surface area contributed by atoms with Gasteiger partial charge in [0.05, 0.1) is 19.3 Å². The highest BCUT2D eigenvalue weighted by molar-refractivity contribution is 5.52. The van der Waals surface area contributed by atoms with Crippen LogP contribution >= 0.6 is 0 Å². The van der Waals surface area contributed by atoms with Crippen molar-refractivity contribution in [2.75, 3.05) is 25.0 Å². The molecule has 1 fully saturated rings. The Hall–Kier alpha value is -1.26. The van der Waals surface area contributed by atoms with Crippen molar-refractivity contribution >= 4 is 5.69 Å². The number of aliphatic hydroxyl groups is 1. The first-order chi connectivity index (χ1) is 7.83. The second-order valence-corrected chi connectivity index (χ2v) is 3.91. The molecule has 16 heavy (non-hydrogen) atoms. The van der Waals surface area contributed by atoms with Crippen molar-refractivity contribution in [1.82, 2.24) is 5.32 Å². The van der Waals surface area contributed by atoms with Gasteiger partial charge in [-0.3, -0.25) is 0 Å². The van der Waals surface area contributed by atoms with Crippen LogP contribution in [0.2, 0.25) is 0 Å². The molecule has 4 nitrogen and oxygen atoms in total. The van der Waals surface area contributed by atoms with Crippen molar-refractivity contribution in [3.05, 3.63) is 23.8 Å². The number of aliphatic hydroxyl groups excluding tert-OH is 1. The molecule has 0 amide bonds. The lowest BCUT2D eigenvalue weighted by Crippen LogP contribution is -2.51. The minimum Gasteiger partial charge on any atom is -0.494 e. The van der Waals surface area contributed by atoms with Gasteiger partial charge in [-0.25, -0.2) is 0 Å². The van der Waals surface area contributed by atoms with Crippen LogP contribution < -0.4 is 15.4 Å². The third kappa shape index (κ3) is 2.46. The Balaban J connectivity index is 2.08. The molecule has 3 N–H and O–H groups in total. The quantitative estimate of drug-likeness (QED) is 0.694. The van der Waals surface area contributed by atoms with Crippen LogP contribution in [0.4, 0.5) is 5.69 Å². The second kappa shape index (κ2) is 5.18. The summed E-state index contributed by atoms with van der Waals surface area (Å²) in [5.74, 6) is 0.766. The van der Waals surface area contributed by atoms with Gasteiger partial charge in [-0.15, -0.1) is 0 Å². The summed E-state index contributed by atoms with van der Waals surface area (Å²) in [5.41, 5.74) is 1.87. The van der Waals surface area contributed by atoms with Gasteiger partial charge in [0, 0.05) is 24.3 Å². The number of hydrogen-bond donors (Lipinski definition) is 3. The molecule has 1 aliphatic heterocycles. The predicted molar refractivity (Wildman–Crippen MR) is 63.8 cm³/mol. The van der Waals surface area contributed by atoms with Crippen molar-refractivity contribution < 1.29 is 9.84 Å². The molecular formula is C12H18N2O2. The number of benzene rings is 1. The summed E-state index contributed by atoms with van der Waals surface area (Å²) in [6, 6.07) is 6.35. The molecule has 0 bridgehead atoms. The van der Waals surface area contributed by atoms with Crippen LogP contribution in [0.3, 0.4) is 0 Å². The Labute approximate surface area is 95.6 Å². The third-order valence-corrected chi connectivity index (χ3v) is 2.68. The molecular weight excluding hydrogens is 204 g/mol. The van der Waals surface area contributed by atoms with E-state index in [9.17, 15) is 5.11 Å². The van der Waals surface area contributed by atoms with Crippen molar-refractivity contribution in [2.24, 2.45) is 0 Å². The van der Waals surface area contributed by atoms with Crippen molar-refractivity contribution in [3.8, 4) is 5.75 Å². The summed E-state index contributed by atoms with van der Waals surface area (Å²) < 4.78 is 5.43. The minimum absolute atomic E-state index is 0.00771. The van der Waals surface area contributed by atoms with Gasteiger partial charge in [0.2, 0.25) is 0 Å². The average molecular weight is 222 g/mol. The molecule has 0 aliphatic carbocycles. The molecule has 0 atom stereocenters. The highest BCUT2D eigenvalue weighted by atomic mass is 16.5. The molecule has 88 valence electrons. The molecule has 0 saturated carbocycles. The van der Waals surface area contributed by atoms with Crippen LogP contribution in [0, 0.1) is 0 Å². The summed E-state index contributed by atoms with van der Waals surface area (Å²) >= 11 is 0. The van der Waals surface area contributed by atoms with Gasteiger partial charge < -0.3 is 20.5 Å². The minimum atomic E-state index is 0.00771. The van der Waals surface area contributed by atoms with Gasteiger partial charge in [0.1, 0.15) is 5.75 Å². The van der Waals surface area contributed by atoms with Crippen LogP contribution in [0.15, 0.2) is 18.2 Å². The monoisotopic (exact) mass is 222 g/mol. The zero-order valence-corrected chi connectivity index (χ0v) is 9.49. The normalized spacial score (nSPS) is 15.6. The molecule has 1 aromatic rings. The van der Waals surface area contributed by atoms with E-state index in [0.29, 0.717) is 12.6 Å². The molecule has 4 heteroatoms. The van der Waals surface area contributed by atoms with Crippen molar-refractivity contribution in [1.29, 1.82) is 0 Å². The van der Waals surface area contributed by atoms with Crippen LogP contribution in [0.5, 0.6) is 5.75 Å². The Kier molecular flexibility index (Phi) is 3.64. The molecule has 0 unspecified atom stereocenters. The Bertz CT molecular complexity index is 351. The highest BCUT2D eigenvalue weighted by Crippen LogP contribution is 2.23. The Morgan fingerprint density at radius 1 is 1.50 bits per heavy atom. The second-order valence-electron chi connectivity index (χ2n) is 3.91. The fourth-order valence-corrected chi connectivity index (χ4v) is 1.72. The van der Waals surface area contributed by atoms with Gasteiger partial charge in [-0.1, -0.05) is 0 Å². The molecule has 0 spiro atoms. The fourth-order valence-electron chi connectivity index (χ4n) is 1.72. The molecule has 1 heterocycles. The molecule has 0 radical (unpaired) electrons. The Morgan fingerprint density at radius 3 is 2.88 bits per heavy atom. The molecule has 1 saturated heterocycles. The van der Waals surface area contributed by atoms with Crippen molar-refractivity contribution in [2.45, 2.75) is 19.6 Å². The number of hydrogen-bond acceptors (Lipinski definition) is 4. The van der Waals surface area contributed by atoms with E-state index >= 15 is 0 Å². The maximum absolute atomic E-state index is 9.25. The standard InChI is InChI=1S/C12H18N2O2/c1-2-16-12-4-3-10(5-9(12)8-15)14-11-6-13-7-11/h3-5,11,13-15H,2,6-8H2,1H3. The van der Waals surface area contributed by atoms with Gasteiger partial charge in [-0.2, -0.15) is 0 Å². The van der Waals surface area contributed by atoms with Gasteiger partial charge >= 0.3 is 0 Å². The summed E-state index contributed by atoms with van der Waals surface area (Å²) in [6.45, 7) is 4.57. The van der Waals surface area contributed by atoms with E-state index in [-0.39, 0.29) is 6.61 Å². The number of anilines is 1. The van der Waals surface area contributed by atoms with E-state index in [0.717, 1.165) is 30.1 Å². The summed E-state index contributed by atoms with van der Waals surface area (Å²) in [5, 5.41) is 15.9. The van der Waals surface area contributed by atoms with E-state index in [1.165, 1.54) is 0 Å². The van der Waals surface area contributed by atoms with Gasteiger partial charge in [0.15, 0.2) is 0 Å². The first-order valence-electron chi connectivity index (χ1n) is 5.67. The van der Waals surface area contributed by atoms with Gasteiger partial charge in [0.25, 0.3) is 0 Å². The lowest BCUT2D eigenvalue weighted by atomic mass is 10.1. The van der Waals surface area contributed by atoms with E-state index < -0.39 is 0 Å². The highest BCUT2D eigenvalue weighted by Gasteiger charge is 2.16. The predicted octanol–water partition coefficient (Wildman–Crippen LogP) is 0.961. The maximum Gasteiger partial charge on any atom is 0.124 e. The largest absolute Gasteiger partial charge is 0.494 e. The van der Waals surface area contributed by atoms with Crippen molar-refractivity contribution in [3.63, 3.8) is 0 Å². The topological polar surface area (TPSA) is 53.5 Å². The molecule has 0 aromatic heterocycles. The zero-order valence-electron chi connectivity index (χ0n) is 9.49. The zero-order chi connectivity index (χ0) is 11.4. The van der Waals surface area contributed by atoms with Crippen LogP contribution in [0.25, 0.3) is 0 Å². The first-order valence-corrected chi connectivity index (χ1v) is 5.67. The third-order valence-electron chi connectivity index (χ3n) is 2.68. The Morgan fingerprint density at radius 2 is 2.31 bits per heavy atom. The maximum atomic E-state index is 9.25. The van der Waals surface area contributed by atoms with Crippen LogP contribution in [-0.2, 0) is 6.61 Å². The van der Waals surface area contributed by atoms with Crippen LogP contribution in [0.1, 0.15) is 12.5 Å². The summed E-state index contributed by atoms with van der Waals surface area (Å²) in [7, 11) is 0. The first kappa shape index (κ1) is 11.2. The summed E-state index contributed by atoms with van der Waals surface area (Å²) in [6.07, 6.45) is 0. The fraction of sp³-hybridized carbons (Fsp3) is 0.500. The summed E-state index contributed by atoms with van der Waals surface area (Å²) in [4.78, 5) is 0. The lowest BCUT2D eigenvalue weighted by Gasteiger charge is -2.29. The van der Waals surface area contributed by atoms with E-state index in [2.05, 4.69) is 10.6 Å². The van der Waals surface area contributed by atoms with E-state index in [1.54, 1.807) is 0 Å².